The van der Waals surface area contributed by atoms with Gasteiger partial charge < -0.3 is 15.0 Å². The summed E-state index contributed by atoms with van der Waals surface area (Å²) in [6, 6.07) is 12.4. The summed E-state index contributed by atoms with van der Waals surface area (Å²) in [5.74, 6) is 0.365. The van der Waals surface area contributed by atoms with E-state index in [1.165, 1.54) is 0 Å². The number of nitrogens with zero attached hydrogens (tertiary/aromatic N) is 1. The molecule has 24 heavy (non-hydrogen) atoms. The Bertz CT molecular complexity index is 789. The molecule has 0 fully saturated rings. The van der Waals surface area contributed by atoms with Crippen molar-refractivity contribution in [1.82, 2.24) is 0 Å². The molecule has 0 saturated heterocycles. The van der Waals surface area contributed by atoms with E-state index in [0.717, 1.165) is 5.56 Å². The van der Waals surface area contributed by atoms with E-state index in [1.54, 1.807) is 49.2 Å². The van der Waals surface area contributed by atoms with Gasteiger partial charge in [0.05, 0.1) is 12.1 Å². The molecule has 1 aliphatic heterocycles. The summed E-state index contributed by atoms with van der Waals surface area (Å²) >= 11 is 5.84. The highest BCUT2D eigenvalue weighted by Crippen LogP contribution is 2.35. The highest BCUT2D eigenvalue weighted by Gasteiger charge is 2.29. The number of hydrogen-bond donors (Lipinski definition) is 1. The molecule has 1 N–H and O–H groups in total. The summed E-state index contributed by atoms with van der Waals surface area (Å²) in [6.07, 6.45) is -0.260. The second-order valence-electron chi connectivity index (χ2n) is 5.69. The van der Waals surface area contributed by atoms with Crippen LogP contribution >= 0.6 is 11.6 Å². The minimum Gasteiger partial charge on any atom is -0.479 e. The minimum atomic E-state index is -0.507. The van der Waals surface area contributed by atoms with E-state index in [-0.39, 0.29) is 18.2 Å². The predicted molar refractivity (Wildman–Crippen MR) is 93.7 cm³/mol. The van der Waals surface area contributed by atoms with Gasteiger partial charge in [0.2, 0.25) is 5.91 Å². The molecule has 2 aromatic rings. The fraction of sp³-hybridized carbons (Fsp3) is 0.222. The van der Waals surface area contributed by atoms with E-state index in [9.17, 15) is 9.59 Å². The van der Waals surface area contributed by atoms with E-state index in [4.69, 9.17) is 16.3 Å². The highest BCUT2D eigenvalue weighted by atomic mass is 35.5. The predicted octanol–water partition coefficient (Wildman–Crippen LogP) is 3.26. The summed E-state index contributed by atoms with van der Waals surface area (Å²) in [5.41, 5.74) is 2.13. The molecule has 0 bridgehead atoms. The maximum absolute atomic E-state index is 12.2. The molecular formula is C18H17ClN2O3. The average Bonchev–Trinajstić information content (AvgIpc) is 2.55. The van der Waals surface area contributed by atoms with E-state index in [1.807, 2.05) is 12.1 Å². The number of nitrogens with one attached hydrogen (secondary N) is 1. The Balaban J connectivity index is 1.73. The van der Waals surface area contributed by atoms with Crippen molar-refractivity contribution in [3.8, 4) is 5.75 Å². The third-order valence-corrected chi connectivity index (χ3v) is 4.12. The number of halogens is 1. The molecule has 1 unspecified atom stereocenters. The van der Waals surface area contributed by atoms with Crippen molar-refractivity contribution in [2.24, 2.45) is 0 Å². The topological polar surface area (TPSA) is 58.6 Å². The summed E-state index contributed by atoms with van der Waals surface area (Å²) < 4.78 is 5.56. The lowest BCUT2D eigenvalue weighted by Crippen LogP contribution is -2.42. The second-order valence-corrected chi connectivity index (χ2v) is 6.13. The molecule has 1 aliphatic rings. The molecule has 5 nitrogen and oxygen atoms in total. The van der Waals surface area contributed by atoms with E-state index >= 15 is 0 Å². The van der Waals surface area contributed by atoms with E-state index < -0.39 is 6.10 Å². The average molecular weight is 345 g/mol. The Kier molecular flexibility index (Phi) is 4.44. The Labute approximate surface area is 145 Å². The normalized spacial score (nSPS) is 16.4. The van der Waals surface area contributed by atoms with Crippen LogP contribution in [0.3, 0.4) is 0 Å². The number of carbonyl (C=O) groups excluding carboxylic acids is 2. The van der Waals surface area contributed by atoms with Crippen molar-refractivity contribution in [3.05, 3.63) is 53.1 Å². The van der Waals surface area contributed by atoms with Crippen molar-refractivity contribution in [3.63, 3.8) is 0 Å². The van der Waals surface area contributed by atoms with Gasteiger partial charge in [-0.25, -0.2) is 0 Å². The van der Waals surface area contributed by atoms with Gasteiger partial charge in [0.25, 0.3) is 5.91 Å². The number of likely N-dealkylation sites (N-methyl/N-ethyl adjacent to an activating group) is 1. The molecule has 1 heterocycles. The summed E-state index contributed by atoms with van der Waals surface area (Å²) in [5, 5.41) is 3.47. The zero-order valence-electron chi connectivity index (χ0n) is 13.4. The van der Waals surface area contributed by atoms with Gasteiger partial charge in [-0.2, -0.15) is 0 Å². The van der Waals surface area contributed by atoms with Gasteiger partial charge in [-0.1, -0.05) is 23.7 Å². The van der Waals surface area contributed by atoms with Gasteiger partial charge in [-0.05, 0) is 42.8 Å². The number of fused-ring (bicyclic) bond motifs is 1. The number of carbonyl (C=O) groups is 2. The fourth-order valence-corrected chi connectivity index (χ4v) is 2.71. The van der Waals surface area contributed by atoms with Gasteiger partial charge in [0.1, 0.15) is 5.75 Å². The first-order chi connectivity index (χ1) is 11.4. The maximum atomic E-state index is 12.2. The Morgan fingerprint density at radius 2 is 1.96 bits per heavy atom. The lowest BCUT2D eigenvalue weighted by Gasteiger charge is -2.30. The van der Waals surface area contributed by atoms with Crippen LogP contribution < -0.4 is 15.0 Å². The van der Waals surface area contributed by atoms with Crippen LogP contribution in [0, 0.1) is 0 Å². The molecule has 1 atom stereocenters. The third-order valence-electron chi connectivity index (χ3n) is 3.86. The van der Waals surface area contributed by atoms with Crippen molar-refractivity contribution < 1.29 is 14.3 Å². The lowest BCUT2D eigenvalue weighted by atomic mass is 10.1. The summed E-state index contributed by atoms with van der Waals surface area (Å²) in [6.45, 7) is 1.71. The molecule has 0 aliphatic carbocycles. The molecule has 2 amide bonds. The zero-order chi connectivity index (χ0) is 17.3. The monoisotopic (exact) mass is 344 g/mol. The number of benzene rings is 2. The molecule has 0 aromatic heterocycles. The van der Waals surface area contributed by atoms with Crippen molar-refractivity contribution >= 4 is 34.8 Å². The van der Waals surface area contributed by atoms with Gasteiger partial charge >= 0.3 is 0 Å². The first-order valence-corrected chi connectivity index (χ1v) is 7.94. The van der Waals surface area contributed by atoms with Gasteiger partial charge in [-0.3, -0.25) is 9.59 Å². The first-order valence-electron chi connectivity index (χ1n) is 7.56. The molecule has 124 valence electrons. The third kappa shape index (κ3) is 3.36. The zero-order valence-corrected chi connectivity index (χ0v) is 14.1. The number of hydrogen-bond acceptors (Lipinski definition) is 3. The molecule has 2 aromatic carbocycles. The fourth-order valence-electron chi connectivity index (χ4n) is 2.58. The van der Waals surface area contributed by atoms with E-state index in [2.05, 4.69) is 5.32 Å². The number of ether oxygens (including phenoxy) is 1. The van der Waals surface area contributed by atoms with Crippen LogP contribution in [0.5, 0.6) is 5.75 Å². The van der Waals surface area contributed by atoms with Crippen LogP contribution in [0.2, 0.25) is 5.02 Å². The smallest absolute Gasteiger partial charge is 0.267 e. The summed E-state index contributed by atoms with van der Waals surface area (Å²) in [7, 11) is 1.69. The summed E-state index contributed by atoms with van der Waals surface area (Å²) in [4.78, 5) is 25.7. The molecule has 0 saturated carbocycles. The second kappa shape index (κ2) is 6.53. The van der Waals surface area contributed by atoms with Crippen LogP contribution in [0.15, 0.2) is 42.5 Å². The van der Waals surface area contributed by atoms with Crippen LogP contribution in [0.1, 0.15) is 12.5 Å². The standard InChI is InChI=1S/C18H17ClN2O3/c1-11-18(23)21(2)15-10-14(7-8-16(15)24-11)20-17(22)9-12-3-5-13(19)6-4-12/h3-8,10-11H,9H2,1-2H3,(H,20,22). The Morgan fingerprint density at radius 3 is 2.67 bits per heavy atom. The maximum Gasteiger partial charge on any atom is 0.267 e. The van der Waals surface area contributed by atoms with Crippen molar-refractivity contribution in [1.29, 1.82) is 0 Å². The molecule has 3 rings (SSSR count). The van der Waals surface area contributed by atoms with E-state index in [0.29, 0.717) is 22.1 Å². The number of amides is 2. The van der Waals surface area contributed by atoms with Crippen LogP contribution in [-0.2, 0) is 16.0 Å². The Hall–Kier alpha value is -2.53. The Morgan fingerprint density at radius 1 is 1.25 bits per heavy atom. The SMILES string of the molecule is CC1Oc2ccc(NC(=O)Cc3ccc(Cl)cc3)cc2N(C)C1=O. The van der Waals surface area contributed by atoms with Crippen molar-refractivity contribution in [2.75, 3.05) is 17.3 Å². The van der Waals surface area contributed by atoms with Crippen molar-refractivity contribution in [2.45, 2.75) is 19.4 Å². The van der Waals surface area contributed by atoms with Gasteiger partial charge in [-0.15, -0.1) is 0 Å². The molecule has 6 heteroatoms. The molecule has 0 radical (unpaired) electrons. The van der Waals surface area contributed by atoms with Gasteiger partial charge in [0, 0.05) is 17.8 Å². The first kappa shape index (κ1) is 16.3. The van der Waals surface area contributed by atoms with Crippen LogP contribution in [-0.4, -0.2) is 25.0 Å². The van der Waals surface area contributed by atoms with Crippen LogP contribution in [0.25, 0.3) is 0 Å². The number of rotatable bonds is 3. The number of anilines is 2. The van der Waals surface area contributed by atoms with Gasteiger partial charge in [0.15, 0.2) is 6.10 Å². The highest BCUT2D eigenvalue weighted by molar-refractivity contribution is 6.30. The quantitative estimate of drug-likeness (QED) is 0.929. The largest absolute Gasteiger partial charge is 0.479 e. The molecule has 0 spiro atoms. The molecular weight excluding hydrogens is 328 g/mol. The minimum absolute atomic E-state index is 0.118. The van der Waals surface area contributed by atoms with Crippen LogP contribution in [0.4, 0.5) is 11.4 Å². The lowest BCUT2D eigenvalue weighted by molar-refractivity contribution is -0.125.